The summed E-state index contributed by atoms with van der Waals surface area (Å²) < 4.78 is 5.50. The predicted molar refractivity (Wildman–Crippen MR) is 114 cm³/mol. The standard InChI is InChI=1S/C21H19N3O4S/c1-13-4-3-5-16(10-13)23-19(26)12-28-17-8-6-15(7-9-17)11-18-20(27)24-21(29-18)22-14(2)25/h3-11H,12H2,1-2H3,(H,23,26)(H,22,24,25,27)/b18-11-. The van der Waals surface area contributed by atoms with Crippen LogP contribution >= 0.6 is 11.8 Å². The van der Waals surface area contributed by atoms with E-state index < -0.39 is 5.91 Å². The molecule has 0 fully saturated rings. The fourth-order valence-corrected chi connectivity index (χ4v) is 3.35. The van der Waals surface area contributed by atoms with Crippen molar-refractivity contribution in [2.75, 3.05) is 11.9 Å². The average molecular weight is 409 g/mol. The minimum Gasteiger partial charge on any atom is -0.484 e. The lowest BCUT2D eigenvalue weighted by atomic mass is 10.2. The number of nitrogens with one attached hydrogen (secondary N) is 2. The molecule has 0 unspecified atom stereocenters. The number of amidine groups is 1. The molecule has 0 saturated heterocycles. The topological polar surface area (TPSA) is 96.9 Å². The Morgan fingerprint density at radius 2 is 1.90 bits per heavy atom. The maximum absolute atomic E-state index is 12.0. The van der Waals surface area contributed by atoms with Gasteiger partial charge in [0.2, 0.25) is 5.91 Å². The third-order valence-electron chi connectivity index (χ3n) is 3.75. The van der Waals surface area contributed by atoms with E-state index in [4.69, 9.17) is 4.74 Å². The summed E-state index contributed by atoms with van der Waals surface area (Å²) in [5.41, 5.74) is 2.55. The largest absolute Gasteiger partial charge is 0.484 e. The Hall–Kier alpha value is -3.39. The van der Waals surface area contributed by atoms with Crippen LogP contribution < -0.4 is 15.4 Å². The Kier molecular flexibility index (Phi) is 6.46. The molecular weight excluding hydrogens is 390 g/mol. The van der Waals surface area contributed by atoms with Gasteiger partial charge in [0.1, 0.15) is 5.75 Å². The molecule has 2 aromatic carbocycles. The van der Waals surface area contributed by atoms with Crippen LogP contribution in [0.5, 0.6) is 5.75 Å². The summed E-state index contributed by atoms with van der Waals surface area (Å²) in [6.07, 6.45) is 1.68. The van der Waals surface area contributed by atoms with E-state index in [0.29, 0.717) is 10.7 Å². The van der Waals surface area contributed by atoms with Crippen LogP contribution in [0.1, 0.15) is 18.1 Å². The van der Waals surface area contributed by atoms with Crippen LogP contribution in [-0.2, 0) is 14.4 Å². The van der Waals surface area contributed by atoms with Gasteiger partial charge in [0.25, 0.3) is 11.8 Å². The van der Waals surface area contributed by atoms with Crippen molar-refractivity contribution >= 4 is 46.4 Å². The van der Waals surface area contributed by atoms with Crippen LogP contribution in [0.3, 0.4) is 0 Å². The van der Waals surface area contributed by atoms with Crippen molar-refractivity contribution in [3.63, 3.8) is 0 Å². The lowest BCUT2D eigenvalue weighted by Gasteiger charge is -2.08. The molecule has 2 N–H and O–H groups in total. The Balaban J connectivity index is 1.53. The molecule has 0 aliphatic carbocycles. The second-order valence-corrected chi connectivity index (χ2v) is 7.32. The Labute approximate surface area is 172 Å². The summed E-state index contributed by atoms with van der Waals surface area (Å²) in [6.45, 7) is 3.19. The summed E-state index contributed by atoms with van der Waals surface area (Å²) in [6, 6.07) is 14.5. The van der Waals surface area contributed by atoms with Crippen molar-refractivity contribution in [2.24, 2.45) is 4.99 Å². The summed E-state index contributed by atoms with van der Waals surface area (Å²) in [5, 5.41) is 5.55. The van der Waals surface area contributed by atoms with Crippen LogP contribution in [0.2, 0.25) is 0 Å². The number of rotatable bonds is 5. The number of nitrogens with zero attached hydrogens (tertiary/aromatic N) is 1. The van der Waals surface area contributed by atoms with E-state index >= 15 is 0 Å². The fourth-order valence-electron chi connectivity index (χ4n) is 2.49. The van der Waals surface area contributed by atoms with Gasteiger partial charge in [-0.2, -0.15) is 4.99 Å². The fraction of sp³-hybridized carbons (Fsp3) is 0.143. The van der Waals surface area contributed by atoms with Crippen LogP contribution in [0.4, 0.5) is 5.69 Å². The molecule has 0 radical (unpaired) electrons. The zero-order chi connectivity index (χ0) is 20.8. The van der Waals surface area contributed by atoms with E-state index in [1.165, 1.54) is 6.92 Å². The van der Waals surface area contributed by atoms with Gasteiger partial charge < -0.3 is 15.4 Å². The van der Waals surface area contributed by atoms with E-state index in [0.717, 1.165) is 28.6 Å². The molecule has 8 heteroatoms. The first-order valence-corrected chi connectivity index (χ1v) is 9.60. The molecule has 3 amide bonds. The predicted octanol–water partition coefficient (Wildman–Crippen LogP) is 3.12. The summed E-state index contributed by atoms with van der Waals surface area (Å²) in [5.74, 6) is -0.394. The monoisotopic (exact) mass is 409 g/mol. The van der Waals surface area contributed by atoms with E-state index in [1.807, 2.05) is 31.2 Å². The molecule has 1 heterocycles. The van der Waals surface area contributed by atoms with Crippen LogP contribution in [0.25, 0.3) is 6.08 Å². The number of thioether (sulfide) groups is 1. The third-order valence-corrected chi connectivity index (χ3v) is 4.65. The number of aryl methyl sites for hydroxylation is 1. The summed E-state index contributed by atoms with van der Waals surface area (Å²) in [4.78, 5) is 39.2. The van der Waals surface area contributed by atoms with Crippen molar-refractivity contribution in [1.82, 2.24) is 5.32 Å². The molecule has 1 aliphatic rings. The Morgan fingerprint density at radius 3 is 2.59 bits per heavy atom. The van der Waals surface area contributed by atoms with E-state index in [1.54, 1.807) is 30.3 Å². The van der Waals surface area contributed by atoms with Gasteiger partial charge in [-0.25, -0.2) is 0 Å². The maximum atomic E-state index is 12.0. The van der Waals surface area contributed by atoms with Gasteiger partial charge in [0.15, 0.2) is 11.8 Å². The Bertz CT molecular complexity index is 1010. The van der Waals surface area contributed by atoms with Gasteiger partial charge >= 0.3 is 0 Å². The molecule has 7 nitrogen and oxygen atoms in total. The number of carbonyl (C=O) groups excluding carboxylic acids is 3. The van der Waals surface area contributed by atoms with E-state index in [2.05, 4.69) is 15.6 Å². The first-order valence-electron chi connectivity index (χ1n) is 8.78. The number of ether oxygens (including phenoxy) is 1. The van der Waals surface area contributed by atoms with Crippen LogP contribution in [0, 0.1) is 6.92 Å². The van der Waals surface area contributed by atoms with Gasteiger partial charge in [-0.05, 0) is 60.2 Å². The number of amides is 3. The second kappa shape index (κ2) is 9.20. The highest BCUT2D eigenvalue weighted by atomic mass is 32.2. The van der Waals surface area contributed by atoms with Gasteiger partial charge in [-0.1, -0.05) is 24.3 Å². The van der Waals surface area contributed by atoms with E-state index in [9.17, 15) is 14.4 Å². The number of benzene rings is 2. The van der Waals surface area contributed by atoms with Crippen molar-refractivity contribution < 1.29 is 19.1 Å². The summed E-state index contributed by atoms with van der Waals surface area (Å²) in [7, 11) is 0. The van der Waals surface area contributed by atoms with Gasteiger partial charge in [-0.15, -0.1) is 0 Å². The minimum atomic E-state index is -0.396. The molecule has 0 atom stereocenters. The zero-order valence-corrected chi connectivity index (χ0v) is 16.7. The summed E-state index contributed by atoms with van der Waals surface area (Å²) >= 11 is 1.11. The highest BCUT2D eigenvalue weighted by molar-refractivity contribution is 8.18. The molecule has 3 rings (SSSR count). The van der Waals surface area contributed by atoms with Crippen LogP contribution in [-0.4, -0.2) is 29.5 Å². The molecule has 29 heavy (non-hydrogen) atoms. The molecule has 0 bridgehead atoms. The normalized spacial score (nSPS) is 14.5. The van der Waals surface area contributed by atoms with Crippen molar-refractivity contribution in [1.29, 1.82) is 0 Å². The maximum Gasteiger partial charge on any atom is 0.286 e. The van der Waals surface area contributed by atoms with Gasteiger partial charge in [0, 0.05) is 12.6 Å². The molecule has 148 valence electrons. The highest BCUT2D eigenvalue weighted by Crippen LogP contribution is 2.27. The SMILES string of the molecule is CC(=O)NC1=NC(=O)/C(=C/c2ccc(OCC(=O)Nc3cccc(C)c3)cc2)S1. The lowest BCUT2D eigenvalue weighted by Crippen LogP contribution is -2.23. The number of aliphatic imine (C=N–C) groups is 1. The zero-order valence-electron chi connectivity index (χ0n) is 15.9. The van der Waals surface area contributed by atoms with Gasteiger partial charge in [-0.3, -0.25) is 14.4 Å². The lowest BCUT2D eigenvalue weighted by molar-refractivity contribution is -0.118. The molecule has 1 aliphatic heterocycles. The number of anilines is 1. The molecular formula is C21H19N3O4S. The highest BCUT2D eigenvalue weighted by Gasteiger charge is 2.22. The van der Waals surface area contributed by atoms with Crippen LogP contribution in [0.15, 0.2) is 58.4 Å². The van der Waals surface area contributed by atoms with Crippen molar-refractivity contribution in [3.05, 3.63) is 64.6 Å². The molecule has 2 aromatic rings. The smallest absolute Gasteiger partial charge is 0.286 e. The van der Waals surface area contributed by atoms with Gasteiger partial charge in [0.05, 0.1) is 4.91 Å². The number of hydrogen-bond donors (Lipinski definition) is 2. The third kappa shape index (κ3) is 6.05. The molecule has 0 aromatic heterocycles. The number of carbonyl (C=O) groups is 3. The quantitative estimate of drug-likeness (QED) is 0.740. The Morgan fingerprint density at radius 1 is 1.14 bits per heavy atom. The molecule has 0 spiro atoms. The minimum absolute atomic E-state index is 0.114. The number of hydrogen-bond acceptors (Lipinski definition) is 5. The van der Waals surface area contributed by atoms with E-state index in [-0.39, 0.29) is 23.6 Å². The first-order chi connectivity index (χ1) is 13.9. The average Bonchev–Trinajstić information content (AvgIpc) is 2.99. The van der Waals surface area contributed by atoms with Crippen molar-refractivity contribution in [3.8, 4) is 5.75 Å². The van der Waals surface area contributed by atoms with Crippen molar-refractivity contribution in [2.45, 2.75) is 13.8 Å². The first kappa shape index (κ1) is 20.3. The molecule has 0 saturated carbocycles. The second-order valence-electron chi connectivity index (χ2n) is 6.29.